The molecule has 0 aromatic heterocycles. The Morgan fingerprint density at radius 2 is 1.82 bits per heavy atom. The molecule has 7 nitrogen and oxygen atoms in total. The van der Waals surface area contributed by atoms with Crippen LogP contribution in [0.1, 0.15) is 6.92 Å². The van der Waals surface area contributed by atoms with Gasteiger partial charge in [0.15, 0.2) is 0 Å². The van der Waals surface area contributed by atoms with Crippen LogP contribution in [0.3, 0.4) is 0 Å². The van der Waals surface area contributed by atoms with Gasteiger partial charge in [0, 0.05) is 0 Å². The van der Waals surface area contributed by atoms with Crippen molar-refractivity contribution in [2.75, 3.05) is 6.61 Å². The summed E-state index contributed by atoms with van der Waals surface area (Å²) in [5.74, 6) is 0. The van der Waals surface area contributed by atoms with Gasteiger partial charge < -0.3 is 0 Å². The van der Waals surface area contributed by atoms with E-state index in [1.165, 1.54) is 11.8 Å². The third-order valence-corrected chi connectivity index (χ3v) is 3.33. The molecule has 0 atom stereocenters. The predicted molar refractivity (Wildman–Crippen MR) is 35.2 cm³/mol. The highest BCUT2D eigenvalue weighted by Gasteiger charge is 2.26. The van der Waals surface area contributed by atoms with Gasteiger partial charge in [-0.15, -0.1) is 0 Å². The Balaban J connectivity index is 4.53. The van der Waals surface area contributed by atoms with Crippen LogP contribution in [0.2, 0.25) is 0 Å². The Hall–Kier alpha value is -0.220. The molecule has 0 aliphatic carbocycles. The Bertz CT molecular complexity index is 299. The standard InChI is InChI=1S/C2H7NO6S2/c1-2-9-3-10(4,5)11(6,7)8/h3H,2H2,1H3,(H,6,7,8). The molecule has 0 amide bonds. The molecule has 9 heteroatoms. The third kappa shape index (κ3) is 3.12. The highest BCUT2D eigenvalue weighted by molar-refractivity contribution is 8.64. The van der Waals surface area contributed by atoms with E-state index in [1.807, 2.05) is 0 Å². The summed E-state index contributed by atoms with van der Waals surface area (Å²) >= 11 is 0. The minimum Gasteiger partial charge on any atom is -0.286 e. The quantitative estimate of drug-likeness (QED) is 0.334. The molecule has 0 rings (SSSR count). The van der Waals surface area contributed by atoms with E-state index >= 15 is 0 Å². The first-order chi connectivity index (χ1) is 4.81. The molecule has 11 heavy (non-hydrogen) atoms. The molecule has 0 aromatic carbocycles. The maximum Gasteiger partial charge on any atom is 0.388 e. The van der Waals surface area contributed by atoms with Gasteiger partial charge in [-0.05, 0) is 6.92 Å². The molecule has 0 heterocycles. The highest BCUT2D eigenvalue weighted by Crippen LogP contribution is 1.93. The lowest BCUT2D eigenvalue weighted by Gasteiger charge is -2.00. The smallest absolute Gasteiger partial charge is 0.286 e. The Labute approximate surface area is 63.5 Å². The van der Waals surface area contributed by atoms with Crippen LogP contribution in [-0.2, 0) is 23.0 Å². The van der Waals surface area contributed by atoms with E-state index in [-0.39, 0.29) is 6.61 Å². The van der Waals surface area contributed by atoms with Crippen LogP contribution >= 0.6 is 0 Å². The monoisotopic (exact) mass is 205 g/mol. The molecule has 2 N–H and O–H groups in total. The summed E-state index contributed by atoms with van der Waals surface area (Å²) < 4.78 is 48.7. The Kier molecular flexibility index (Phi) is 3.38. The fraction of sp³-hybridized carbons (Fsp3) is 1.00. The predicted octanol–water partition coefficient (Wildman–Crippen LogP) is -1.34. The van der Waals surface area contributed by atoms with E-state index < -0.39 is 18.2 Å². The van der Waals surface area contributed by atoms with E-state index in [1.54, 1.807) is 0 Å². The second-order valence-electron chi connectivity index (χ2n) is 1.40. The van der Waals surface area contributed by atoms with Crippen LogP contribution in [0.4, 0.5) is 0 Å². The minimum atomic E-state index is -5.14. The summed E-state index contributed by atoms with van der Waals surface area (Å²) in [4.78, 5) is 5.23. The summed E-state index contributed by atoms with van der Waals surface area (Å²) in [6.07, 6.45) is 0. The SMILES string of the molecule is CCONS(=O)(=O)S(=O)(=O)O. The molecular formula is C2H7NO6S2. The summed E-state index contributed by atoms with van der Waals surface area (Å²) in [5, 5.41) is 0. The van der Waals surface area contributed by atoms with Crippen molar-refractivity contribution in [3.8, 4) is 0 Å². The second kappa shape index (κ2) is 3.45. The second-order valence-corrected chi connectivity index (χ2v) is 5.91. The van der Waals surface area contributed by atoms with E-state index in [9.17, 15) is 16.8 Å². The van der Waals surface area contributed by atoms with Gasteiger partial charge in [0.05, 0.1) is 6.61 Å². The van der Waals surface area contributed by atoms with Gasteiger partial charge in [0.25, 0.3) is 0 Å². The van der Waals surface area contributed by atoms with Crippen molar-refractivity contribution in [1.82, 2.24) is 4.89 Å². The number of hydrogen-bond donors (Lipinski definition) is 2. The Morgan fingerprint density at radius 1 is 1.36 bits per heavy atom. The lowest BCUT2D eigenvalue weighted by molar-refractivity contribution is 0.107. The third-order valence-electron chi connectivity index (χ3n) is 0.583. The van der Waals surface area contributed by atoms with Crippen molar-refractivity contribution >= 4 is 18.2 Å². The van der Waals surface area contributed by atoms with Crippen molar-refractivity contribution in [2.45, 2.75) is 6.92 Å². The van der Waals surface area contributed by atoms with Gasteiger partial charge in [-0.25, -0.2) is 0 Å². The Morgan fingerprint density at radius 3 is 2.09 bits per heavy atom. The minimum absolute atomic E-state index is 0.0469. The lowest BCUT2D eigenvalue weighted by Crippen LogP contribution is -2.30. The van der Waals surface area contributed by atoms with Crippen molar-refractivity contribution in [3.05, 3.63) is 0 Å². The first-order valence-electron chi connectivity index (χ1n) is 2.42. The van der Waals surface area contributed by atoms with E-state index in [2.05, 4.69) is 4.84 Å². The van der Waals surface area contributed by atoms with E-state index in [0.717, 1.165) is 0 Å². The van der Waals surface area contributed by atoms with Crippen molar-refractivity contribution in [2.24, 2.45) is 0 Å². The van der Waals surface area contributed by atoms with Gasteiger partial charge in [0.1, 0.15) is 0 Å². The average molecular weight is 205 g/mol. The molecule has 68 valence electrons. The molecule has 0 aliphatic rings. The maximum atomic E-state index is 10.3. The highest BCUT2D eigenvalue weighted by atomic mass is 33.2. The van der Waals surface area contributed by atoms with Gasteiger partial charge in [0.2, 0.25) is 0 Å². The van der Waals surface area contributed by atoms with Crippen LogP contribution in [0.5, 0.6) is 0 Å². The maximum absolute atomic E-state index is 10.3. The molecular weight excluding hydrogens is 198 g/mol. The first kappa shape index (κ1) is 10.8. The molecule has 0 saturated heterocycles. The summed E-state index contributed by atoms with van der Waals surface area (Å²) in [6, 6.07) is 0. The van der Waals surface area contributed by atoms with Crippen LogP contribution in [-0.4, -0.2) is 28.0 Å². The molecule has 0 aliphatic heterocycles. The van der Waals surface area contributed by atoms with E-state index in [0.29, 0.717) is 0 Å². The van der Waals surface area contributed by atoms with Crippen molar-refractivity contribution in [3.63, 3.8) is 0 Å². The summed E-state index contributed by atoms with van der Waals surface area (Å²) in [6.45, 7) is 1.39. The van der Waals surface area contributed by atoms with Gasteiger partial charge in [-0.1, -0.05) is 4.89 Å². The fourth-order valence-electron chi connectivity index (χ4n) is 0.174. The molecule has 0 unspecified atom stereocenters. The van der Waals surface area contributed by atoms with E-state index in [4.69, 9.17) is 4.55 Å². The van der Waals surface area contributed by atoms with Gasteiger partial charge >= 0.3 is 18.2 Å². The number of hydrogen-bond acceptors (Lipinski definition) is 5. The van der Waals surface area contributed by atoms with Crippen LogP contribution < -0.4 is 4.89 Å². The largest absolute Gasteiger partial charge is 0.388 e. The van der Waals surface area contributed by atoms with Crippen LogP contribution in [0.25, 0.3) is 0 Å². The summed E-state index contributed by atoms with van der Waals surface area (Å²) in [5.41, 5.74) is 0. The molecule has 0 saturated carbocycles. The zero-order valence-electron chi connectivity index (χ0n) is 5.51. The zero-order valence-corrected chi connectivity index (χ0v) is 7.15. The van der Waals surface area contributed by atoms with Crippen molar-refractivity contribution < 1.29 is 26.2 Å². The molecule has 0 spiro atoms. The normalized spacial score (nSPS) is 13.3. The van der Waals surface area contributed by atoms with Crippen molar-refractivity contribution in [1.29, 1.82) is 0 Å². The molecule has 0 bridgehead atoms. The molecule has 0 radical (unpaired) electrons. The van der Waals surface area contributed by atoms with Gasteiger partial charge in [-0.3, -0.25) is 9.39 Å². The zero-order chi connectivity index (χ0) is 9.12. The fourth-order valence-corrected chi connectivity index (χ4v) is 0.925. The van der Waals surface area contributed by atoms with Crippen LogP contribution in [0.15, 0.2) is 0 Å². The average Bonchev–Trinajstić information content (AvgIpc) is 1.81. The van der Waals surface area contributed by atoms with Crippen LogP contribution in [0, 0.1) is 0 Å². The first-order valence-corrected chi connectivity index (χ1v) is 5.86. The number of rotatable bonds is 4. The molecule has 0 fully saturated rings. The summed E-state index contributed by atoms with van der Waals surface area (Å²) in [7, 11) is -9.94. The van der Waals surface area contributed by atoms with Gasteiger partial charge in [-0.2, -0.15) is 16.8 Å². The number of nitrogens with one attached hydrogen (secondary N) is 1. The lowest BCUT2D eigenvalue weighted by atomic mass is 10.9. The molecule has 0 aromatic rings. The topological polar surface area (TPSA) is 110 Å².